The van der Waals surface area contributed by atoms with Crippen molar-refractivity contribution in [3.05, 3.63) is 177 Å². The summed E-state index contributed by atoms with van der Waals surface area (Å²) in [5.41, 5.74) is 7.89. The first-order valence-corrected chi connectivity index (χ1v) is 21.6. The van der Waals surface area contributed by atoms with Crippen molar-refractivity contribution in [3.8, 4) is 11.1 Å². The average Bonchev–Trinajstić information content (AvgIpc) is 3.50. The van der Waals surface area contributed by atoms with Crippen molar-refractivity contribution in [1.29, 1.82) is 0 Å². The van der Waals surface area contributed by atoms with Gasteiger partial charge in [0.05, 0.1) is 17.7 Å². The second-order valence-electron chi connectivity index (χ2n) is 17.4. The van der Waals surface area contributed by atoms with Crippen molar-refractivity contribution >= 4 is 17.4 Å². The molecule has 5 aromatic carbocycles. The van der Waals surface area contributed by atoms with Gasteiger partial charge in [0.2, 0.25) is 0 Å². The third-order valence-electron chi connectivity index (χ3n) is 13.7. The predicted octanol–water partition coefficient (Wildman–Crippen LogP) is 10.7. The third-order valence-corrected chi connectivity index (χ3v) is 14.0. The fourth-order valence-corrected chi connectivity index (χ4v) is 10.4. The smallest absolute Gasteiger partial charge is 0.193 e. The Hall–Kier alpha value is -4.36. The van der Waals surface area contributed by atoms with Crippen LogP contribution in [0.25, 0.3) is 11.1 Å². The van der Waals surface area contributed by atoms with E-state index in [1.54, 1.807) is 0 Å². The van der Waals surface area contributed by atoms with Gasteiger partial charge in [-0.25, -0.2) is 0 Å². The van der Waals surface area contributed by atoms with Crippen molar-refractivity contribution in [2.24, 2.45) is 5.41 Å². The summed E-state index contributed by atoms with van der Waals surface area (Å²) in [4.78, 5) is 19.7. The molecule has 4 aliphatic rings. The van der Waals surface area contributed by atoms with Crippen molar-refractivity contribution < 1.29 is 15.0 Å². The Morgan fingerprint density at radius 3 is 2.16 bits per heavy atom. The minimum atomic E-state index is -0.944. The number of nitrogens with zero attached hydrogens (tertiary/aromatic N) is 2. The van der Waals surface area contributed by atoms with E-state index in [1.807, 2.05) is 60.7 Å². The van der Waals surface area contributed by atoms with Crippen molar-refractivity contribution in [2.45, 2.75) is 82.5 Å². The molecule has 1 saturated heterocycles. The van der Waals surface area contributed by atoms with Gasteiger partial charge in [-0.15, -0.1) is 0 Å². The molecule has 1 aliphatic heterocycles. The molecule has 1 saturated carbocycles. The molecule has 1 heterocycles. The van der Waals surface area contributed by atoms with Crippen molar-refractivity contribution in [3.63, 3.8) is 0 Å². The third kappa shape index (κ3) is 8.52. The quantitative estimate of drug-likeness (QED) is 0.121. The molecule has 2 N–H and O–H groups in total. The lowest BCUT2D eigenvalue weighted by Gasteiger charge is -2.48. The number of β-amino-alcohol motifs (C(OH)–C–C–N with tert-alkyl or cyclic N) is 1. The molecule has 0 aromatic heterocycles. The van der Waals surface area contributed by atoms with Gasteiger partial charge in [-0.3, -0.25) is 14.6 Å². The molecule has 6 heteroatoms. The van der Waals surface area contributed by atoms with Gasteiger partial charge in [0.15, 0.2) is 5.78 Å². The molecular formula is C52H57ClN2O3. The van der Waals surface area contributed by atoms with Crippen LogP contribution in [0.4, 0.5) is 0 Å². The average molecular weight is 793 g/mol. The lowest BCUT2D eigenvalue weighted by molar-refractivity contribution is -0.0894. The van der Waals surface area contributed by atoms with Gasteiger partial charge in [0.1, 0.15) is 0 Å². The number of hydrogen-bond acceptors (Lipinski definition) is 5. The molecule has 1 unspecified atom stereocenters. The van der Waals surface area contributed by atoms with E-state index in [2.05, 4.69) is 96.5 Å². The number of benzene rings is 5. The summed E-state index contributed by atoms with van der Waals surface area (Å²) >= 11 is 6.31. The predicted molar refractivity (Wildman–Crippen MR) is 236 cm³/mol. The first kappa shape index (κ1) is 40.4. The van der Waals surface area contributed by atoms with E-state index in [0.717, 1.165) is 79.1 Å². The number of rotatable bonds is 8. The monoisotopic (exact) mass is 792 g/mol. The molecule has 9 rings (SSSR count). The SMILES string of the molecule is CC1=CCC[C@@]2(C)[C@@H](CC[C@@]2(O)CN2CCN(C(c3ccccc3)c3ccc(Cl)cc3)CC2)c2ccc(cc2C(=O)c2ccc(-c3ccccc3)cc2)C[C@@H](O)CC1. The minimum Gasteiger partial charge on any atom is -0.393 e. The van der Waals surface area contributed by atoms with Crippen molar-refractivity contribution in [1.82, 2.24) is 9.80 Å². The van der Waals surface area contributed by atoms with Crippen LogP contribution >= 0.6 is 11.6 Å². The molecule has 0 spiro atoms. The standard InChI is InChI=1S/C52H57ClN2O3/c1-37-10-9-28-51(2)48(27-29-52(51,58)36-54-30-32-55(33-31-54)49(41-13-7-4-8-14-41)42-21-23-44(53)24-22-42)46-26-16-38(34-45(56)25-15-37)35-47(46)50(57)43-19-17-40(18-20-43)39-11-5-3-6-12-39/h3-8,10-14,16-24,26,35,45,48-49,56,58H,9,15,25,27-34,36H2,1-2H3/t45-,48-,49?,51-,52+/m0/s1. The van der Waals surface area contributed by atoms with Crippen LogP contribution in [0.1, 0.15) is 103 Å². The van der Waals surface area contributed by atoms with E-state index in [4.69, 9.17) is 11.6 Å². The number of aliphatic hydroxyl groups excluding tert-OH is 1. The zero-order chi connectivity index (χ0) is 40.3. The first-order valence-electron chi connectivity index (χ1n) is 21.3. The van der Waals surface area contributed by atoms with Gasteiger partial charge in [-0.1, -0.05) is 139 Å². The summed E-state index contributed by atoms with van der Waals surface area (Å²) in [5, 5.41) is 24.9. The highest BCUT2D eigenvalue weighted by Gasteiger charge is 2.57. The largest absolute Gasteiger partial charge is 0.393 e. The topological polar surface area (TPSA) is 64.0 Å². The fourth-order valence-electron chi connectivity index (χ4n) is 10.2. The van der Waals surface area contributed by atoms with Crippen molar-refractivity contribution in [2.75, 3.05) is 32.7 Å². The molecule has 300 valence electrons. The second-order valence-corrected chi connectivity index (χ2v) is 17.8. The highest BCUT2D eigenvalue weighted by atomic mass is 35.5. The maximum absolute atomic E-state index is 14.7. The molecule has 5 nitrogen and oxygen atoms in total. The number of carbonyl (C=O) groups excluding carboxylic acids is 1. The molecular weight excluding hydrogens is 736 g/mol. The van der Waals surface area contributed by atoms with E-state index in [-0.39, 0.29) is 17.7 Å². The highest BCUT2D eigenvalue weighted by Crippen LogP contribution is 2.59. The number of allylic oxidation sites excluding steroid dienone is 2. The van der Waals surface area contributed by atoms with E-state index >= 15 is 0 Å². The van der Waals surface area contributed by atoms with E-state index in [1.165, 1.54) is 16.7 Å². The number of ketones is 1. The second kappa shape index (κ2) is 17.5. The van der Waals surface area contributed by atoms with Crippen LogP contribution in [0, 0.1) is 5.41 Å². The Bertz CT molecular complexity index is 2200. The Morgan fingerprint density at radius 2 is 1.45 bits per heavy atom. The molecule has 2 fully saturated rings. The number of hydrogen-bond donors (Lipinski definition) is 2. The molecule has 5 aromatic rings. The van der Waals surface area contributed by atoms with Gasteiger partial charge >= 0.3 is 0 Å². The summed E-state index contributed by atoms with van der Waals surface area (Å²) in [6, 6.07) is 43.6. The van der Waals surface area contributed by atoms with Crippen LogP contribution in [0.15, 0.2) is 139 Å². The Labute approximate surface area is 350 Å². The number of halogens is 1. The van der Waals surface area contributed by atoms with Crippen LogP contribution in [0.3, 0.4) is 0 Å². The van der Waals surface area contributed by atoms with Gasteiger partial charge < -0.3 is 10.2 Å². The summed E-state index contributed by atoms with van der Waals surface area (Å²) in [5.74, 6) is -0.0133. The van der Waals surface area contributed by atoms with E-state index in [0.29, 0.717) is 36.9 Å². The molecule has 58 heavy (non-hydrogen) atoms. The van der Waals surface area contributed by atoms with Gasteiger partial charge in [0.25, 0.3) is 0 Å². The van der Waals surface area contributed by atoms with E-state index in [9.17, 15) is 15.0 Å². The minimum absolute atomic E-state index is 0.00337. The summed E-state index contributed by atoms with van der Waals surface area (Å²) in [6.45, 7) is 8.55. The molecule has 3 aliphatic carbocycles. The zero-order valence-electron chi connectivity index (χ0n) is 34.0. The van der Waals surface area contributed by atoms with Gasteiger partial charge in [-0.05, 0) is 109 Å². The maximum Gasteiger partial charge on any atom is 0.193 e. The number of aliphatic hydroxyl groups is 2. The van der Waals surface area contributed by atoms with Crippen LogP contribution in [-0.4, -0.2) is 70.2 Å². The highest BCUT2D eigenvalue weighted by molar-refractivity contribution is 6.30. The van der Waals surface area contributed by atoms with Crippen LogP contribution in [0.5, 0.6) is 0 Å². The summed E-state index contributed by atoms with van der Waals surface area (Å²) in [7, 11) is 0. The first-order chi connectivity index (χ1) is 28.1. The zero-order valence-corrected chi connectivity index (χ0v) is 34.8. The number of piperazine rings is 1. The lowest BCUT2D eigenvalue weighted by Crippen LogP contribution is -2.56. The van der Waals surface area contributed by atoms with Gasteiger partial charge in [0, 0.05) is 54.3 Å². The van der Waals surface area contributed by atoms with Gasteiger partial charge in [-0.2, -0.15) is 0 Å². The summed E-state index contributed by atoms with van der Waals surface area (Å²) in [6.07, 6.45) is 6.96. The lowest BCUT2D eigenvalue weighted by atomic mass is 9.64. The molecule has 5 atom stereocenters. The Kier molecular flexibility index (Phi) is 12.2. The Balaban J connectivity index is 1.08. The van der Waals surface area contributed by atoms with Crippen LogP contribution in [0.2, 0.25) is 5.02 Å². The molecule has 0 radical (unpaired) electrons. The molecule has 0 amide bonds. The normalized spacial score (nSPS) is 25.1. The molecule has 2 bridgehead atoms. The van der Waals surface area contributed by atoms with Crippen LogP contribution in [-0.2, 0) is 6.42 Å². The number of carbonyl (C=O) groups is 1. The Morgan fingerprint density at radius 1 is 0.793 bits per heavy atom. The maximum atomic E-state index is 14.7. The van der Waals surface area contributed by atoms with Crippen LogP contribution < -0.4 is 0 Å². The summed E-state index contributed by atoms with van der Waals surface area (Å²) < 4.78 is 0. The number of fused-ring (bicyclic) bond motifs is 8. The fraction of sp³-hybridized carbons (Fsp3) is 0.365. The van der Waals surface area contributed by atoms with E-state index < -0.39 is 17.1 Å².